The van der Waals surface area contributed by atoms with Gasteiger partial charge in [-0.05, 0) is 83.7 Å². The molecule has 108 valence electrons. The van der Waals surface area contributed by atoms with Crippen LogP contribution in [0.15, 0.2) is 0 Å². The second kappa shape index (κ2) is 9.80. The van der Waals surface area contributed by atoms with Crippen LogP contribution in [-0.2, 0) is 0 Å². The molecule has 0 saturated carbocycles. The van der Waals surface area contributed by atoms with Crippen molar-refractivity contribution in [3.63, 3.8) is 0 Å². The lowest BCUT2D eigenvalue weighted by molar-refractivity contribution is 0.263. The first-order valence-electron chi connectivity index (χ1n) is 8.21. The molecule has 0 aromatic carbocycles. The molecule has 1 atom stereocenters. The zero-order chi connectivity index (χ0) is 13.2. The van der Waals surface area contributed by atoms with Crippen LogP contribution in [0.1, 0.15) is 59.3 Å². The summed E-state index contributed by atoms with van der Waals surface area (Å²) in [5, 5.41) is 0. The Labute approximate surface area is 115 Å². The molecule has 1 saturated heterocycles. The van der Waals surface area contributed by atoms with Gasteiger partial charge < -0.3 is 9.80 Å². The van der Waals surface area contributed by atoms with E-state index in [0.717, 1.165) is 5.92 Å². The second-order valence-corrected chi connectivity index (χ2v) is 6.02. The van der Waals surface area contributed by atoms with E-state index in [1.54, 1.807) is 0 Å². The van der Waals surface area contributed by atoms with E-state index in [4.69, 9.17) is 0 Å². The Kier molecular flexibility index (Phi) is 8.70. The first-order chi connectivity index (χ1) is 8.76. The summed E-state index contributed by atoms with van der Waals surface area (Å²) in [6, 6.07) is 0. The third-order valence-corrected chi connectivity index (χ3v) is 4.30. The van der Waals surface area contributed by atoms with Gasteiger partial charge in [-0.3, -0.25) is 0 Å². The highest BCUT2D eigenvalue weighted by atomic mass is 15.1. The molecular weight excluding hydrogens is 220 g/mol. The van der Waals surface area contributed by atoms with Crippen molar-refractivity contribution < 1.29 is 0 Å². The summed E-state index contributed by atoms with van der Waals surface area (Å²) in [7, 11) is 0. The minimum atomic E-state index is 0.908. The molecule has 1 fully saturated rings. The number of likely N-dealkylation sites (tertiary alicyclic amines) is 1. The van der Waals surface area contributed by atoms with Crippen LogP contribution in [0.2, 0.25) is 0 Å². The second-order valence-electron chi connectivity index (χ2n) is 6.02. The van der Waals surface area contributed by atoms with E-state index < -0.39 is 0 Å². The maximum atomic E-state index is 2.64. The van der Waals surface area contributed by atoms with Crippen LogP contribution in [0.5, 0.6) is 0 Å². The monoisotopic (exact) mass is 254 g/mol. The fourth-order valence-electron chi connectivity index (χ4n) is 2.96. The SMILES string of the molecule is CCCN(CC)CCCC(C)CCN1CCCC1. The van der Waals surface area contributed by atoms with Gasteiger partial charge in [0, 0.05) is 0 Å². The molecule has 18 heavy (non-hydrogen) atoms. The van der Waals surface area contributed by atoms with Crippen LogP contribution >= 0.6 is 0 Å². The van der Waals surface area contributed by atoms with E-state index in [1.807, 2.05) is 0 Å². The molecule has 0 aromatic rings. The number of hydrogen-bond donors (Lipinski definition) is 0. The molecule has 0 aliphatic carbocycles. The zero-order valence-electron chi connectivity index (χ0n) is 13.0. The van der Waals surface area contributed by atoms with E-state index in [0.29, 0.717) is 0 Å². The Bertz CT molecular complexity index is 188. The minimum Gasteiger partial charge on any atom is -0.304 e. The summed E-state index contributed by atoms with van der Waals surface area (Å²) in [5.74, 6) is 0.908. The highest BCUT2D eigenvalue weighted by Crippen LogP contribution is 2.14. The molecule has 1 heterocycles. The molecule has 1 rings (SSSR count). The normalized spacial score (nSPS) is 18.7. The van der Waals surface area contributed by atoms with Crippen molar-refractivity contribution in [2.75, 3.05) is 39.3 Å². The van der Waals surface area contributed by atoms with Crippen molar-refractivity contribution in [3.8, 4) is 0 Å². The van der Waals surface area contributed by atoms with Crippen molar-refractivity contribution in [3.05, 3.63) is 0 Å². The molecule has 2 heteroatoms. The van der Waals surface area contributed by atoms with Crippen molar-refractivity contribution >= 4 is 0 Å². The van der Waals surface area contributed by atoms with E-state index in [1.165, 1.54) is 77.8 Å². The summed E-state index contributed by atoms with van der Waals surface area (Å²) in [6.07, 6.45) is 8.34. The molecule has 0 radical (unpaired) electrons. The standard InChI is InChI=1S/C16H34N2/c1-4-11-17(5-2)14-8-9-16(3)10-15-18-12-6-7-13-18/h16H,4-15H2,1-3H3. The topological polar surface area (TPSA) is 6.48 Å². The molecule has 2 nitrogen and oxygen atoms in total. The fraction of sp³-hybridized carbons (Fsp3) is 1.00. The van der Waals surface area contributed by atoms with Gasteiger partial charge in [0.2, 0.25) is 0 Å². The summed E-state index contributed by atoms with van der Waals surface area (Å²) >= 11 is 0. The van der Waals surface area contributed by atoms with Gasteiger partial charge in [-0.25, -0.2) is 0 Å². The van der Waals surface area contributed by atoms with Gasteiger partial charge in [0.25, 0.3) is 0 Å². The maximum Gasteiger partial charge on any atom is -0.00162 e. The molecule has 1 unspecified atom stereocenters. The molecule has 1 aliphatic rings. The van der Waals surface area contributed by atoms with Crippen LogP contribution in [0, 0.1) is 5.92 Å². The van der Waals surface area contributed by atoms with Gasteiger partial charge >= 0.3 is 0 Å². The maximum absolute atomic E-state index is 2.64. The first-order valence-corrected chi connectivity index (χ1v) is 8.21. The largest absolute Gasteiger partial charge is 0.304 e. The quantitative estimate of drug-likeness (QED) is 0.587. The number of rotatable bonds is 10. The van der Waals surface area contributed by atoms with Crippen LogP contribution in [0.3, 0.4) is 0 Å². The van der Waals surface area contributed by atoms with Gasteiger partial charge in [0.15, 0.2) is 0 Å². The lowest BCUT2D eigenvalue weighted by Crippen LogP contribution is -2.26. The third-order valence-electron chi connectivity index (χ3n) is 4.30. The average molecular weight is 254 g/mol. The predicted molar refractivity (Wildman–Crippen MR) is 81.1 cm³/mol. The molecule has 1 aliphatic heterocycles. The van der Waals surface area contributed by atoms with E-state index in [-0.39, 0.29) is 0 Å². The van der Waals surface area contributed by atoms with Gasteiger partial charge in [-0.2, -0.15) is 0 Å². The average Bonchev–Trinajstić information content (AvgIpc) is 2.88. The van der Waals surface area contributed by atoms with Crippen molar-refractivity contribution in [2.45, 2.75) is 59.3 Å². The minimum absolute atomic E-state index is 0.908. The summed E-state index contributed by atoms with van der Waals surface area (Å²) in [6.45, 7) is 14.8. The molecule has 0 N–H and O–H groups in total. The number of hydrogen-bond acceptors (Lipinski definition) is 2. The van der Waals surface area contributed by atoms with E-state index in [2.05, 4.69) is 30.6 Å². The van der Waals surface area contributed by atoms with Crippen LogP contribution < -0.4 is 0 Å². The summed E-state index contributed by atoms with van der Waals surface area (Å²) < 4.78 is 0. The van der Waals surface area contributed by atoms with Gasteiger partial charge in [0.1, 0.15) is 0 Å². The van der Waals surface area contributed by atoms with Crippen LogP contribution in [0.4, 0.5) is 0 Å². The highest BCUT2D eigenvalue weighted by Gasteiger charge is 2.12. The Morgan fingerprint density at radius 2 is 1.78 bits per heavy atom. The zero-order valence-corrected chi connectivity index (χ0v) is 13.0. The summed E-state index contributed by atoms with van der Waals surface area (Å²) in [5.41, 5.74) is 0. The van der Waals surface area contributed by atoms with E-state index >= 15 is 0 Å². The molecule has 0 spiro atoms. The molecule has 0 aromatic heterocycles. The van der Waals surface area contributed by atoms with Crippen molar-refractivity contribution in [1.82, 2.24) is 9.80 Å². The Hall–Kier alpha value is -0.0800. The lowest BCUT2D eigenvalue weighted by Gasteiger charge is -2.21. The Balaban J connectivity index is 1.99. The van der Waals surface area contributed by atoms with Gasteiger partial charge in [0.05, 0.1) is 0 Å². The Morgan fingerprint density at radius 3 is 2.39 bits per heavy atom. The number of nitrogens with zero attached hydrogens (tertiary/aromatic N) is 2. The molecule has 0 bridgehead atoms. The smallest absolute Gasteiger partial charge is 0.00162 e. The highest BCUT2D eigenvalue weighted by molar-refractivity contribution is 4.67. The fourth-order valence-corrected chi connectivity index (χ4v) is 2.96. The third kappa shape index (κ3) is 6.75. The molecular formula is C16H34N2. The molecule has 0 amide bonds. The van der Waals surface area contributed by atoms with Gasteiger partial charge in [-0.1, -0.05) is 20.8 Å². The summed E-state index contributed by atoms with van der Waals surface area (Å²) in [4.78, 5) is 5.24. The van der Waals surface area contributed by atoms with Crippen LogP contribution in [0.25, 0.3) is 0 Å². The lowest BCUT2D eigenvalue weighted by atomic mass is 10.0. The first kappa shape index (κ1) is 16.0. The van der Waals surface area contributed by atoms with Crippen LogP contribution in [-0.4, -0.2) is 49.1 Å². The Morgan fingerprint density at radius 1 is 1.06 bits per heavy atom. The predicted octanol–water partition coefficient (Wildman–Crippen LogP) is 3.62. The van der Waals surface area contributed by atoms with Gasteiger partial charge in [-0.15, -0.1) is 0 Å². The van der Waals surface area contributed by atoms with E-state index in [9.17, 15) is 0 Å². The van der Waals surface area contributed by atoms with Crippen molar-refractivity contribution in [1.29, 1.82) is 0 Å². The van der Waals surface area contributed by atoms with Crippen molar-refractivity contribution in [2.24, 2.45) is 5.92 Å².